The van der Waals surface area contributed by atoms with Crippen LogP contribution in [0.4, 0.5) is 0 Å². The van der Waals surface area contributed by atoms with E-state index in [1.807, 2.05) is 19.1 Å². The third kappa shape index (κ3) is 3.21. The van der Waals surface area contributed by atoms with Gasteiger partial charge < -0.3 is 10.8 Å². The van der Waals surface area contributed by atoms with Gasteiger partial charge in [0, 0.05) is 22.9 Å². The van der Waals surface area contributed by atoms with Gasteiger partial charge in [0.2, 0.25) is 0 Å². The van der Waals surface area contributed by atoms with Gasteiger partial charge in [-0.15, -0.1) is 0 Å². The molecule has 1 aliphatic rings. The van der Waals surface area contributed by atoms with Crippen molar-refractivity contribution in [1.82, 2.24) is 0 Å². The molecule has 19 heavy (non-hydrogen) atoms. The zero-order valence-electron chi connectivity index (χ0n) is 11.7. The molecule has 0 saturated heterocycles. The Morgan fingerprint density at radius 2 is 1.79 bits per heavy atom. The Morgan fingerprint density at radius 1 is 1.21 bits per heavy atom. The number of nitrogens with two attached hydrogens (primary N) is 1. The predicted molar refractivity (Wildman–Crippen MR) is 83.0 cm³/mol. The number of halogens is 1. The van der Waals surface area contributed by atoms with Crippen LogP contribution in [0, 0.1) is 5.41 Å². The van der Waals surface area contributed by atoms with Gasteiger partial charge in [0.1, 0.15) is 0 Å². The molecule has 0 bridgehead atoms. The first-order valence-electron chi connectivity index (χ1n) is 7.16. The summed E-state index contributed by atoms with van der Waals surface area (Å²) in [5, 5.41) is 11.0. The van der Waals surface area contributed by atoms with Gasteiger partial charge >= 0.3 is 0 Å². The molecule has 0 aromatic heterocycles. The Kier molecular flexibility index (Phi) is 4.70. The molecule has 1 aliphatic carbocycles. The maximum Gasteiger partial charge on any atom is 0.0727 e. The van der Waals surface area contributed by atoms with Crippen LogP contribution in [0.25, 0.3) is 0 Å². The average Bonchev–Trinajstić information content (AvgIpc) is 2.42. The van der Waals surface area contributed by atoms with Crippen molar-refractivity contribution in [3.05, 3.63) is 34.3 Å². The molecule has 1 unspecified atom stereocenters. The van der Waals surface area contributed by atoms with Crippen molar-refractivity contribution in [2.75, 3.05) is 6.54 Å². The Bertz CT molecular complexity index is 407. The van der Waals surface area contributed by atoms with E-state index in [2.05, 4.69) is 28.1 Å². The van der Waals surface area contributed by atoms with Crippen molar-refractivity contribution in [2.45, 2.75) is 51.0 Å². The van der Waals surface area contributed by atoms with Crippen molar-refractivity contribution in [2.24, 2.45) is 11.1 Å². The molecule has 3 heteroatoms. The SMILES string of the molecule is CC(O)(Cc1ccc(Br)cc1)C1(CN)CCCCC1. The largest absolute Gasteiger partial charge is 0.389 e. The van der Waals surface area contributed by atoms with Crippen LogP contribution in [0.1, 0.15) is 44.6 Å². The molecule has 1 saturated carbocycles. The Morgan fingerprint density at radius 3 is 2.32 bits per heavy atom. The van der Waals surface area contributed by atoms with Crippen molar-refractivity contribution in [3.63, 3.8) is 0 Å². The zero-order valence-corrected chi connectivity index (χ0v) is 13.2. The molecule has 106 valence electrons. The van der Waals surface area contributed by atoms with Crippen LogP contribution < -0.4 is 5.73 Å². The summed E-state index contributed by atoms with van der Waals surface area (Å²) >= 11 is 3.44. The molecule has 0 heterocycles. The molecule has 0 amide bonds. The van der Waals surface area contributed by atoms with Crippen LogP contribution in [0.5, 0.6) is 0 Å². The second-order valence-electron chi connectivity index (χ2n) is 6.12. The Hall–Kier alpha value is -0.380. The summed E-state index contributed by atoms with van der Waals surface area (Å²) in [6.07, 6.45) is 6.43. The van der Waals surface area contributed by atoms with E-state index in [1.54, 1.807) is 0 Å². The molecular weight excluding hydrogens is 302 g/mol. The number of aliphatic hydroxyl groups is 1. The average molecular weight is 326 g/mol. The van der Waals surface area contributed by atoms with Crippen LogP contribution in [0.2, 0.25) is 0 Å². The molecule has 2 rings (SSSR count). The van der Waals surface area contributed by atoms with Gasteiger partial charge in [-0.3, -0.25) is 0 Å². The van der Waals surface area contributed by atoms with Crippen LogP contribution in [-0.4, -0.2) is 17.3 Å². The summed E-state index contributed by atoms with van der Waals surface area (Å²) in [5.41, 5.74) is 6.37. The molecule has 0 radical (unpaired) electrons. The van der Waals surface area contributed by atoms with E-state index in [1.165, 1.54) is 24.8 Å². The van der Waals surface area contributed by atoms with Gasteiger partial charge in [0.25, 0.3) is 0 Å². The van der Waals surface area contributed by atoms with Gasteiger partial charge in [0.05, 0.1) is 5.60 Å². The van der Waals surface area contributed by atoms with E-state index in [4.69, 9.17) is 5.73 Å². The predicted octanol–water partition coefficient (Wildman–Crippen LogP) is 3.65. The third-order valence-electron chi connectivity index (χ3n) is 4.81. The van der Waals surface area contributed by atoms with E-state index in [0.717, 1.165) is 17.3 Å². The topological polar surface area (TPSA) is 46.2 Å². The van der Waals surface area contributed by atoms with Crippen LogP contribution >= 0.6 is 15.9 Å². The normalized spacial score (nSPS) is 21.9. The lowest BCUT2D eigenvalue weighted by Crippen LogP contribution is -2.53. The highest BCUT2D eigenvalue weighted by Crippen LogP contribution is 2.45. The first-order chi connectivity index (χ1) is 8.99. The third-order valence-corrected chi connectivity index (χ3v) is 5.33. The summed E-state index contributed by atoms with van der Waals surface area (Å²) in [7, 11) is 0. The van der Waals surface area contributed by atoms with E-state index < -0.39 is 5.60 Å². The summed E-state index contributed by atoms with van der Waals surface area (Å²) in [6.45, 7) is 2.55. The van der Waals surface area contributed by atoms with Crippen molar-refractivity contribution in [3.8, 4) is 0 Å². The fourth-order valence-corrected chi connectivity index (χ4v) is 3.64. The lowest BCUT2D eigenvalue weighted by molar-refractivity contribution is -0.0849. The van der Waals surface area contributed by atoms with Gasteiger partial charge in [-0.1, -0.05) is 47.3 Å². The standard InChI is InChI=1S/C16H24BrNO/c1-15(19,11-13-5-7-14(17)8-6-13)16(12-18)9-3-2-4-10-16/h5-8,19H,2-4,9-12,18H2,1H3. The Labute approximate surface area is 124 Å². The number of rotatable bonds is 4. The maximum absolute atomic E-state index is 11.0. The molecule has 1 aromatic rings. The summed E-state index contributed by atoms with van der Waals surface area (Å²) < 4.78 is 1.07. The summed E-state index contributed by atoms with van der Waals surface area (Å²) in [6, 6.07) is 8.21. The van der Waals surface area contributed by atoms with E-state index in [-0.39, 0.29) is 5.41 Å². The highest BCUT2D eigenvalue weighted by Gasteiger charge is 2.46. The van der Waals surface area contributed by atoms with E-state index >= 15 is 0 Å². The zero-order chi connectivity index (χ0) is 13.9. The first-order valence-corrected chi connectivity index (χ1v) is 7.95. The fourth-order valence-electron chi connectivity index (χ4n) is 3.38. The second kappa shape index (κ2) is 5.94. The quantitative estimate of drug-likeness (QED) is 0.887. The van der Waals surface area contributed by atoms with Gasteiger partial charge in [-0.2, -0.15) is 0 Å². The molecule has 0 spiro atoms. The van der Waals surface area contributed by atoms with Crippen molar-refractivity contribution >= 4 is 15.9 Å². The van der Waals surface area contributed by atoms with Gasteiger partial charge in [0.15, 0.2) is 0 Å². The van der Waals surface area contributed by atoms with Crippen LogP contribution in [0.15, 0.2) is 28.7 Å². The molecule has 3 N–H and O–H groups in total. The smallest absolute Gasteiger partial charge is 0.0727 e. The minimum Gasteiger partial charge on any atom is -0.389 e. The van der Waals surface area contributed by atoms with E-state index in [9.17, 15) is 5.11 Å². The maximum atomic E-state index is 11.0. The molecule has 0 aliphatic heterocycles. The molecule has 1 atom stereocenters. The number of hydrogen-bond acceptors (Lipinski definition) is 2. The molecule has 1 aromatic carbocycles. The van der Waals surface area contributed by atoms with Gasteiger partial charge in [-0.25, -0.2) is 0 Å². The highest BCUT2D eigenvalue weighted by atomic mass is 79.9. The number of hydrogen-bond donors (Lipinski definition) is 2. The van der Waals surface area contributed by atoms with Gasteiger partial charge in [-0.05, 0) is 37.5 Å². The van der Waals surface area contributed by atoms with Crippen LogP contribution in [-0.2, 0) is 6.42 Å². The molecular formula is C16H24BrNO. The monoisotopic (exact) mass is 325 g/mol. The summed E-state index contributed by atoms with van der Waals surface area (Å²) in [4.78, 5) is 0. The minimum atomic E-state index is -0.726. The van der Waals surface area contributed by atoms with E-state index in [0.29, 0.717) is 13.0 Å². The fraction of sp³-hybridized carbons (Fsp3) is 0.625. The Balaban J connectivity index is 2.17. The number of benzene rings is 1. The second-order valence-corrected chi connectivity index (χ2v) is 7.04. The lowest BCUT2D eigenvalue weighted by atomic mass is 9.62. The molecule has 1 fully saturated rings. The van der Waals surface area contributed by atoms with Crippen molar-refractivity contribution in [1.29, 1.82) is 0 Å². The minimum absolute atomic E-state index is 0.113. The molecule has 2 nitrogen and oxygen atoms in total. The first kappa shape index (κ1) is 15.0. The van der Waals surface area contributed by atoms with Crippen molar-refractivity contribution < 1.29 is 5.11 Å². The van der Waals surface area contributed by atoms with Crippen LogP contribution in [0.3, 0.4) is 0 Å². The summed E-state index contributed by atoms with van der Waals surface area (Å²) in [5.74, 6) is 0. The highest BCUT2D eigenvalue weighted by molar-refractivity contribution is 9.10. The lowest BCUT2D eigenvalue weighted by Gasteiger charge is -2.47.